The summed E-state index contributed by atoms with van der Waals surface area (Å²) in [7, 11) is 0. The molecule has 0 radical (unpaired) electrons. The van der Waals surface area contributed by atoms with Gasteiger partial charge in [-0.05, 0) is 31.1 Å². The number of esters is 3. The van der Waals surface area contributed by atoms with Crippen LogP contribution in [0.1, 0.15) is 336 Å². The van der Waals surface area contributed by atoms with Crippen molar-refractivity contribution in [3.05, 3.63) is 0 Å². The highest BCUT2D eigenvalue weighted by molar-refractivity contribution is 5.71. The quantitative estimate of drug-likeness (QED) is 0.0343. The van der Waals surface area contributed by atoms with Crippen LogP contribution in [0, 0.1) is 11.8 Å². The third-order valence-electron chi connectivity index (χ3n) is 13.7. The fraction of sp³-hybridized carbons (Fsp3) is 0.950. The van der Waals surface area contributed by atoms with Crippen molar-refractivity contribution in [2.24, 2.45) is 11.8 Å². The van der Waals surface area contributed by atoms with Crippen LogP contribution in [0.15, 0.2) is 0 Å². The van der Waals surface area contributed by atoms with Gasteiger partial charge in [0, 0.05) is 19.3 Å². The summed E-state index contributed by atoms with van der Waals surface area (Å²) in [5.74, 6) is 0.853. The lowest BCUT2D eigenvalue weighted by Gasteiger charge is -2.18. The molecule has 0 aliphatic heterocycles. The van der Waals surface area contributed by atoms with Crippen molar-refractivity contribution in [3.8, 4) is 0 Å². The SMILES string of the molecule is CCCCCCCCCCCCCCCCC(=O)O[C@H](COC(=O)CCCCCCCCCCCCCCCCCC(C)C)COC(=O)CCCCCCCCCCCCCCCC(C)C. The minimum absolute atomic E-state index is 0.0623. The van der Waals surface area contributed by atoms with Gasteiger partial charge in [0.25, 0.3) is 0 Å². The lowest BCUT2D eigenvalue weighted by molar-refractivity contribution is -0.167. The van der Waals surface area contributed by atoms with E-state index in [1.807, 2.05) is 0 Å². The second-order valence-corrected chi connectivity index (χ2v) is 21.6. The highest BCUT2D eigenvalue weighted by Gasteiger charge is 2.19. The van der Waals surface area contributed by atoms with Crippen LogP contribution < -0.4 is 0 Å². The number of carbonyl (C=O) groups is 3. The highest BCUT2D eigenvalue weighted by Crippen LogP contribution is 2.18. The minimum Gasteiger partial charge on any atom is -0.462 e. The first-order chi connectivity index (χ1) is 32.2. The molecule has 0 amide bonds. The maximum Gasteiger partial charge on any atom is 0.306 e. The minimum atomic E-state index is -0.763. The lowest BCUT2D eigenvalue weighted by Crippen LogP contribution is -2.30. The topological polar surface area (TPSA) is 78.9 Å². The summed E-state index contributed by atoms with van der Waals surface area (Å²) in [5.41, 5.74) is 0. The molecule has 6 heteroatoms. The molecule has 0 rings (SSSR count). The average Bonchev–Trinajstić information content (AvgIpc) is 3.29. The van der Waals surface area contributed by atoms with Gasteiger partial charge in [-0.1, -0.05) is 298 Å². The van der Waals surface area contributed by atoms with Gasteiger partial charge in [0.1, 0.15) is 13.2 Å². The fourth-order valence-corrected chi connectivity index (χ4v) is 9.23. The summed E-state index contributed by atoms with van der Waals surface area (Å²) < 4.78 is 16.9. The average molecular weight is 934 g/mol. The van der Waals surface area contributed by atoms with Gasteiger partial charge in [0.15, 0.2) is 6.10 Å². The van der Waals surface area contributed by atoms with Gasteiger partial charge in [-0.2, -0.15) is 0 Å². The smallest absolute Gasteiger partial charge is 0.306 e. The Balaban J connectivity index is 4.28. The summed E-state index contributed by atoms with van der Waals surface area (Å²) in [6.45, 7) is 11.4. The molecule has 0 saturated heterocycles. The van der Waals surface area contributed by atoms with E-state index in [1.54, 1.807) is 0 Å². The molecule has 0 unspecified atom stereocenters. The number of unbranched alkanes of at least 4 members (excludes halogenated alkanes) is 39. The predicted octanol–water partition coefficient (Wildman–Crippen LogP) is 19.7. The molecule has 392 valence electrons. The molecule has 0 saturated carbocycles. The second kappa shape index (κ2) is 52.8. The molecule has 6 nitrogen and oxygen atoms in total. The standard InChI is InChI=1S/C60H116O6/c1-6-7-8-9-10-11-12-13-20-27-32-37-42-47-52-60(63)66-57(54-65-59(62)51-46-41-36-31-26-22-17-19-24-29-34-39-44-49-56(4)5)53-64-58(61)50-45-40-35-30-25-21-16-14-15-18-23-28-33-38-43-48-55(2)3/h55-57H,6-54H2,1-5H3/t57-/m1/s1. The normalized spacial score (nSPS) is 12.0. The van der Waals surface area contributed by atoms with Crippen molar-refractivity contribution in [3.63, 3.8) is 0 Å². The van der Waals surface area contributed by atoms with Gasteiger partial charge in [-0.25, -0.2) is 0 Å². The molecule has 0 bridgehead atoms. The Morgan fingerprint density at radius 1 is 0.288 bits per heavy atom. The maximum absolute atomic E-state index is 12.8. The molecule has 0 aromatic carbocycles. The number of hydrogen-bond donors (Lipinski definition) is 0. The van der Waals surface area contributed by atoms with Gasteiger partial charge in [0.05, 0.1) is 0 Å². The molecule has 0 N–H and O–H groups in total. The van der Waals surface area contributed by atoms with Gasteiger partial charge >= 0.3 is 17.9 Å². The van der Waals surface area contributed by atoms with Crippen LogP contribution in [-0.2, 0) is 28.6 Å². The second-order valence-electron chi connectivity index (χ2n) is 21.6. The van der Waals surface area contributed by atoms with Crippen molar-refractivity contribution >= 4 is 17.9 Å². The van der Waals surface area contributed by atoms with Crippen LogP contribution in [0.3, 0.4) is 0 Å². The first-order valence-corrected chi connectivity index (χ1v) is 29.7. The van der Waals surface area contributed by atoms with E-state index in [4.69, 9.17) is 14.2 Å². The first kappa shape index (κ1) is 64.4. The van der Waals surface area contributed by atoms with Crippen molar-refractivity contribution in [2.45, 2.75) is 343 Å². The lowest BCUT2D eigenvalue weighted by atomic mass is 10.0. The zero-order chi connectivity index (χ0) is 48.2. The summed E-state index contributed by atoms with van der Waals surface area (Å²) in [6, 6.07) is 0. The van der Waals surface area contributed by atoms with Crippen LogP contribution in [0.5, 0.6) is 0 Å². The van der Waals surface area contributed by atoms with Gasteiger partial charge < -0.3 is 14.2 Å². The molecule has 0 aliphatic carbocycles. The molecule has 0 heterocycles. The number of rotatable bonds is 54. The van der Waals surface area contributed by atoms with Crippen LogP contribution in [0.2, 0.25) is 0 Å². The maximum atomic E-state index is 12.8. The van der Waals surface area contributed by atoms with Crippen LogP contribution in [0.25, 0.3) is 0 Å². The molecule has 0 aromatic heterocycles. The molecule has 66 heavy (non-hydrogen) atoms. The summed E-state index contributed by atoms with van der Waals surface area (Å²) in [6.07, 6.45) is 56.6. The molecule has 0 spiro atoms. The molecule has 0 fully saturated rings. The summed E-state index contributed by atoms with van der Waals surface area (Å²) >= 11 is 0. The van der Waals surface area contributed by atoms with E-state index < -0.39 is 6.10 Å². The van der Waals surface area contributed by atoms with Crippen molar-refractivity contribution in [1.82, 2.24) is 0 Å². The monoisotopic (exact) mass is 933 g/mol. The predicted molar refractivity (Wildman–Crippen MR) is 284 cm³/mol. The molecular formula is C60H116O6. The van der Waals surface area contributed by atoms with Crippen LogP contribution in [0.4, 0.5) is 0 Å². The van der Waals surface area contributed by atoms with E-state index in [0.29, 0.717) is 19.3 Å². The Labute approximate surface area is 412 Å². The third-order valence-corrected chi connectivity index (χ3v) is 13.7. The number of carbonyl (C=O) groups excluding carboxylic acids is 3. The Morgan fingerprint density at radius 3 is 0.742 bits per heavy atom. The molecule has 1 atom stereocenters. The highest BCUT2D eigenvalue weighted by atomic mass is 16.6. The van der Waals surface area contributed by atoms with E-state index >= 15 is 0 Å². The molecule has 0 aliphatic rings. The van der Waals surface area contributed by atoms with Crippen molar-refractivity contribution < 1.29 is 28.6 Å². The van der Waals surface area contributed by atoms with Crippen LogP contribution >= 0.6 is 0 Å². The number of hydrogen-bond acceptors (Lipinski definition) is 6. The molecular weight excluding hydrogens is 817 g/mol. The third kappa shape index (κ3) is 53.4. The molecule has 0 aromatic rings. The Morgan fingerprint density at radius 2 is 0.500 bits per heavy atom. The van der Waals surface area contributed by atoms with E-state index in [2.05, 4.69) is 34.6 Å². The van der Waals surface area contributed by atoms with E-state index in [9.17, 15) is 14.4 Å². The summed E-state index contributed by atoms with van der Waals surface area (Å²) in [4.78, 5) is 38.2. The Kier molecular flexibility index (Phi) is 51.5. The zero-order valence-corrected chi connectivity index (χ0v) is 45.3. The largest absolute Gasteiger partial charge is 0.462 e. The zero-order valence-electron chi connectivity index (χ0n) is 45.3. The fourth-order valence-electron chi connectivity index (χ4n) is 9.23. The first-order valence-electron chi connectivity index (χ1n) is 29.7. The van der Waals surface area contributed by atoms with E-state index in [-0.39, 0.29) is 31.1 Å². The van der Waals surface area contributed by atoms with Crippen LogP contribution in [-0.4, -0.2) is 37.2 Å². The van der Waals surface area contributed by atoms with Gasteiger partial charge in [0.2, 0.25) is 0 Å². The van der Waals surface area contributed by atoms with E-state index in [1.165, 1.54) is 225 Å². The van der Waals surface area contributed by atoms with Gasteiger partial charge in [-0.15, -0.1) is 0 Å². The van der Waals surface area contributed by atoms with Crippen molar-refractivity contribution in [1.29, 1.82) is 0 Å². The van der Waals surface area contributed by atoms with E-state index in [0.717, 1.165) is 69.6 Å². The Bertz CT molecular complexity index is 1010. The van der Waals surface area contributed by atoms with Gasteiger partial charge in [-0.3, -0.25) is 14.4 Å². The summed E-state index contributed by atoms with van der Waals surface area (Å²) in [5, 5.41) is 0. The van der Waals surface area contributed by atoms with Crippen molar-refractivity contribution in [2.75, 3.05) is 13.2 Å². The number of ether oxygens (including phenoxy) is 3. The Hall–Kier alpha value is -1.59.